The Morgan fingerprint density at radius 2 is 2.00 bits per heavy atom. The Labute approximate surface area is 166 Å². The molecule has 144 valence electrons. The van der Waals surface area contributed by atoms with Crippen LogP contribution in [0.1, 0.15) is 43.5 Å². The van der Waals surface area contributed by atoms with Crippen molar-refractivity contribution in [2.24, 2.45) is 11.8 Å². The number of amides is 1. The van der Waals surface area contributed by atoms with Crippen molar-refractivity contribution < 1.29 is 9.53 Å². The van der Waals surface area contributed by atoms with E-state index in [-0.39, 0.29) is 36.8 Å². The van der Waals surface area contributed by atoms with Crippen LogP contribution >= 0.6 is 36.2 Å². The number of nitrogens with one attached hydrogen (secondary N) is 1. The number of halogens is 2. The standard InChI is InChI=1S/C17H27N3O2S.2ClH/c1-3-22-12(2)17-19-15(11-23-17)8-16(21)20-6-4-13-9-18-10-14(13)5-7-20;;/h11-14,18H,3-10H2,1-2H3;2*1H/t12?,13-,14+;;. The maximum atomic E-state index is 12.6. The molecule has 0 aromatic carbocycles. The van der Waals surface area contributed by atoms with E-state index >= 15 is 0 Å². The number of carbonyl (C=O) groups is 1. The first-order valence-electron chi connectivity index (χ1n) is 8.71. The van der Waals surface area contributed by atoms with E-state index in [0.717, 1.165) is 61.6 Å². The van der Waals surface area contributed by atoms with Crippen LogP contribution in [-0.4, -0.2) is 48.6 Å². The van der Waals surface area contributed by atoms with Gasteiger partial charge >= 0.3 is 0 Å². The van der Waals surface area contributed by atoms with Crippen molar-refractivity contribution in [1.82, 2.24) is 15.2 Å². The number of fused-ring (bicyclic) bond motifs is 1. The zero-order valence-corrected chi connectivity index (χ0v) is 17.4. The third-order valence-corrected chi connectivity index (χ3v) is 6.09. The van der Waals surface area contributed by atoms with Gasteiger partial charge in [-0.3, -0.25) is 4.79 Å². The van der Waals surface area contributed by atoms with Gasteiger partial charge in [-0.25, -0.2) is 4.98 Å². The summed E-state index contributed by atoms with van der Waals surface area (Å²) in [7, 11) is 0. The van der Waals surface area contributed by atoms with Crippen LogP contribution in [0.2, 0.25) is 0 Å². The summed E-state index contributed by atoms with van der Waals surface area (Å²) >= 11 is 1.59. The third kappa shape index (κ3) is 5.79. The van der Waals surface area contributed by atoms with E-state index in [4.69, 9.17) is 4.74 Å². The largest absolute Gasteiger partial charge is 0.372 e. The van der Waals surface area contributed by atoms with E-state index in [2.05, 4.69) is 10.3 Å². The summed E-state index contributed by atoms with van der Waals surface area (Å²) < 4.78 is 5.57. The Morgan fingerprint density at radius 1 is 1.36 bits per heavy atom. The lowest BCUT2D eigenvalue weighted by molar-refractivity contribution is -0.130. The van der Waals surface area contributed by atoms with E-state index in [9.17, 15) is 4.79 Å². The highest BCUT2D eigenvalue weighted by Crippen LogP contribution is 2.27. The molecular formula is C17H29Cl2N3O2S. The lowest BCUT2D eigenvalue weighted by Gasteiger charge is -2.20. The summed E-state index contributed by atoms with van der Waals surface area (Å²) in [4.78, 5) is 19.2. The van der Waals surface area contributed by atoms with Crippen molar-refractivity contribution in [2.45, 2.75) is 39.2 Å². The van der Waals surface area contributed by atoms with Crippen molar-refractivity contribution in [1.29, 1.82) is 0 Å². The molecule has 1 aromatic rings. The van der Waals surface area contributed by atoms with Crippen LogP contribution in [0.15, 0.2) is 5.38 Å². The summed E-state index contributed by atoms with van der Waals surface area (Å²) in [6, 6.07) is 0. The number of hydrogen-bond donors (Lipinski definition) is 1. The SMILES string of the molecule is CCOC(C)c1nc(CC(=O)N2CC[C@@H]3CNC[C@@H]3CC2)cs1.Cl.Cl. The summed E-state index contributed by atoms with van der Waals surface area (Å²) in [5.41, 5.74) is 0.882. The van der Waals surface area contributed by atoms with Crippen LogP contribution in [0.5, 0.6) is 0 Å². The number of hydrogen-bond acceptors (Lipinski definition) is 5. The highest BCUT2D eigenvalue weighted by Gasteiger charge is 2.31. The minimum absolute atomic E-state index is 0. The molecule has 2 fully saturated rings. The van der Waals surface area contributed by atoms with Crippen LogP contribution in [-0.2, 0) is 16.0 Å². The normalized spacial score (nSPS) is 23.8. The van der Waals surface area contributed by atoms with Gasteiger partial charge in [0.25, 0.3) is 0 Å². The predicted octanol–water partition coefficient (Wildman–Crippen LogP) is 3.08. The molecule has 1 amide bonds. The molecule has 0 spiro atoms. The van der Waals surface area contributed by atoms with Crippen molar-refractivity contribution in [3.8, 4) is 0 Å². The van der Waals surface area contributed by atoms with Crippen LogP contribution in [0, 0.1) is 11.8 Å². The lowest BCUT2D eigenvalue weighted by atomic mass is 9.92. The molecular weight excluding hydrogens is 381 g/mol. The lowest BCUT2D eigenvalue weighted by Crippen LogP contribution is -2.34. The summed E-state index contributed by atoms with van der Waals surface area (Å²) in [6.45, 7) is 8.71. The first-order valence-corrected chi connectivity index (χ1v) is 9.59. The fraction of sp³-hybridized carbons (Fsp3) is 0.765. The maximum Gasteiger partial charge on any atom is 0.228 e. The Hall–Kier alpha value is -0.400. The summed E-state index contributed by atoms with van der Waals surface area (Å²) in [5.74, 6) is 1.73. The molecule has 3 atom stereocenters. The quantitative estimate of drug-likeness (QED) is 0.811. The minimum atomic E-state index is 0. The molecule has 2 aliphatic heterocycles. The van der Waals surface area contributed by atoms with Gasteiger partial charge in [0.15, 0.2) is 0 Å². The molecule has 25 heavy (non-hydrogen) atoms. The minimum Gasteiger partial charge on any atom is -0.372 e. The second-order valence-corrected chi connectivity index (χ2v) is 7.48. The van der Waals surface area contributed by atoms with Gasteiger partial charge < -0.3 is 15.0 Å². The second-order valence-electron chi connectivity index (χ2n) is 6.59. The molecule has 2 aliphatic rings. The van der Waals surface area contributed by atoms with Crippen molar-refractivity contribution in [3.05, 3.63) is 16.1 Å². The summed E-state index contributed by atoms with van der Waals surface area (Å²) in [5, 5.41) is 6.44. The van der Waals surface area contributed by atoms with Crippen LogP contribution in [0.25, 0.3) is 0 Å². The van der Waals surface area contributed by atoms with Gasteiger partial charge in [-0.05, 0) is 51.6 Å². The second kappa shape index (κ2) is 10.7. The Kier molecular flexibility index (Phi) is 9.67. The van der Waals surface area contributed by atoms with Gasteiger partial charge in [-0.15, -0.1) is 36.2 Å². The highest BCUT2D eigenvalue weighted by atomic mass is 35.5. The summed E-state index contributed by atoms with van der Waals surface area (Å²) in [6.07, 6.45) is 2.70. The van der Waals surface area contributed by atoms with Gasteiger partial charge in [-0.1, -0.05) is 0 Å². The topological polar surface area (TPSA) is 54.5 Å². The van der Waals surface area contributed by atoms with Gasteiger partial charge in [0, 0.05) is 25.1 Å². The molecule has 0 bridgehead atoms. The van der Waals surface area contributed by atoms with Crippen molar-refractivity contribution >= 4 is 42.1 Å². The number of aromatic nitrogens is 1. The van der Waals surface area contributed by atoms with E-state index in [1.165, 1.54) is 0 Å². The maximum absolute atomic E-state index is 12.6. The van der Waals surface area contributed by atoms with Gasteiger partial charge in [0.05, 0.1) is 12.1 Å². The molecule has 0 aliphatic carbocycles. The van der Waals surface area contributed by atoms with Gasteiger partial charge in [0.2, 0.25) is 5.91 Å². The number of likely N-dealkylation sites (tertiary alicyclic amines) is 1. The van der Waals surface area contributed by atoms with E-state index in [1.54, 1.807) is 11.3 Å². The molecule has 5 nitrogen and oxygen atoms in total. The molecule has 1 N–H and O–H groups in total. The first-order chi connectivity index (χ1) is 11.2. The van der Waals surface area contributed by atoms with Gasteiger partial charge in [-0.2, -0.15) is 0 Å². The molecule has 3 rings (SSSR count). The van der Waals surface area contributed by atoms with Crippen molar-refractivity contribution in [3.63, 3.8) is 0 Å². The highest BCUT2D eigenvalue weighted by molar-refractivity contribution is 7.09. The predicted molar refractivity (Wildman–Crippen MR) is 106 cm³/mol. The zero-order chi connectivity index (χ0) is 16.2. The monoisotopic (exact) mass is 409 g/mol. The van der Waals surface area contributed by atoms with Crippen LogP contribution in [0.4, 0.5) is 0 Å². The number of nitrogens with zero attached hydrogens (tertiary/aromatic N) is 2. The molecule has 2 saturated heterocycles. The molecule has 8 heteroatoms. The van der Waals surface area contributed by atoms with Crippen LogP contribution in [0.3, 0.4) is 0 Å². The van der Waals surface area contributed by atoms with Crippen LogP contribution < -0.4 is 5.32 Å². The fourth-order valence-corrected chi connectivity index (χ4v) is 4.47. The molecule has 1 aromatic heterocycles. The Morgan fingerprint density at radius 3 is 2.60 bits per heavy atom. The Balaban J connectivity index is 0.00000156. The average molecular weight is 410 g/mol. The fourth-order valence-electron chi connectivity index (χ4n) is 3.65. The van der Waals surface area contributed by atoms with Crippen molar-refractivity contribution in [2.75, 3.05) is 32.8 Å². The number of thiazole rings is 1. The van der Waals surface area contributed by atoms with Gasteiger partial charge in [0.1, 0.15) is 11.1 Å². The van der Waals surface area contributed by atoms with E-state index in [0.29, 0.717) is 13.0 Å². The average Bonchev–Trinajstić information content (AvgIpc) is 3.13. The molecule has 3 heterocycles. The number of ether oxygens (including phenoxy) is 1. The first kappa shape index (κ1) is 22.6. The molecule has 0 saturated carbocycles. The number of rotatable bonds is 5. The molecule has 1 unspecified atom stereocenters. The third-order valence-electron chi connectivity index (χ3n) is 5.04. The van der Waals surface area contributed by atoms with E-state index in [1.807, 2.05) is 24.1 Å². The number of carbonyl (C=O) groups excluding carboxylic acids is 1. The molecule has 0 radical (unpaired) electrons. The Bertz CT molecular complexity index is 530. The zero-order valence-electron chi connectivity index (χ0n) is 14.9. The smallest absolute Gasteiger partial charge is 0.228 e. The van der Waals surface area contributed by atoms with E-state index < -0.39 is 0 Å².